The van der Waals surface area contributed by atoms with Gasteiger partial charge in [-0.15, -0.1) is 0 Å². The lowest BCUT2D eigenvalue weighted by Gasteiger charge is -2.28. The van der Waals surface area contributed by atoms with Crippen molar-refractivity contribution >= 4 is 5.82 Å². The summed E-state index contributed by atoms with van der Waals surface area (Å²) < 4.78 is 19.0. The SMILES string of the molecule is CCOc1cc(N2CCC(C)C2c2cccc(F)c2)ncn1. The van der Waals surface area contributed by atoms with Crippen molar-refractivity contribution in [2.24, 2.45) is 5.92 Å². The van der Waals surface area contributed by atoms with Crippen molar-refractivity contribution in [1.82, 2.24) is 9.97 Å². The van der Waals surface area contributed by atoms with Gasteiger partial charge in [0.05, 0.1) is 12.6 Å². The van der Waals surface area contributed by atoms with E-state index in [2.05, 4.69) is 21.8 Å². The fourth-order valence-electron chi connectivity index (χ4n) is 3.12. The Bertz CT molecular complexity index is 649. The van der Waals surface area contributed by atoms with Crippen LogP contribution in [0.25, 0.3) is 0 Å². The molecule has 0 N–H and O–H groups in total. The first-order valence-electron chi connectivity index (χ1n) is 7.66. The van der Waals surface area contributed by atoms with Gasteiger partial charge < -0.3 is 9.64 Å². The largest absolute Gasteiger partial charge is 0.478 e. The van der Waals surface area contributed by atoms with E-state index in [-0.39, 0.29) is 11.9 Å². The van der Waals surface area contributed by atoms with Gasteiger partial charge in [0.15, 0.2) is 0 Å². The van der Waals surface area contributed by atoms with Gasteiger partial charge in [0.25, 0.3) is 0 Å². The lowest BCUT2D eigenvalue weighted by Crippen LogP contribution is -2.25. The van der Waals surface area contributed by atoms with Crippen LogP contribution in [-0.2, 0) is 0 Å². The molecule has 0 spiro atoms. The normalized spacial score (nSPS) is 21.1. The predicted molar refractivity (Wildman–Crippen MR) is 83.5 cm³/mol. The molecule has 1 saturated heterocycles. The van der Waals surface area contributed by atoms with E-state index in [9.17, 15) is 4.39 Å². The maximum absolute atomic E-state index is 13.6. The summed E-state index contributed by atoms with van der Waals surface area (Å²) in [6.45, 7) is 5.58. The second-order valence-corrected chi connectivity index (χ2v) is 5.61. The first-order chi connectivity index (χ1) is 10.7. The Morgan fingerprint density at radius 2 is 2.18 bits per heavy atom. The molecule has 0 saturated carbocycles. The van der Waals surface area contributed by atoms with Crippen molar-refractivity contribution in [3.05, 3.63) is 48.0 Å². The molecule has 2 heterocycles. The standard InChI is InChI=1S/C17H20FN3O/c1-3-22-16-10-15(19-11-20-16)21-8-7-12(2)17(21)13-5-4-6-14(18)9-13/h4-6,9-12,17H,3,7-8H2,1-2H3. The third kappa shape index (κ3) is 2.89. The average molecular weight is 301 g/mol. The van der Waals surface area contributed by atoms with Crippen molar-refractivity contribution in [2.45, 2.75) is 26.3 Å². The lowest BCUT2D eigenvalue weighted by atomic mass is 9.95. The van der Waals surface area contributed by atoms with Crippen molar-refractivity contribution in [3.8, 4) is 5.88 Å². The van der Waals surface area contributed by atoms with E-state index in [4.69, 9.17) is 4.74 Å². The van der Waals surface area contributed by atoms with E-state index in [1.165, 1.54) is 12.4 Å². The molecule has 2 aromatic rings. The highest BCUT2D eigenvalue weighted by atomic mass is 19.1. The molecule has 22 heavy (non-hydrogen) atoms. The number of hydrogen-bond donors (Lipinski definition) is 0. The Balaban J connectivity index is 1.93. The number of rotatable bonds is 4. The summed E-state index contributed by atoms with van der Waals surface area (Å²) in [5.74, 6) is 1.64. The second-order valence-electron chi connectivity index (χ2n) is 5.61. The molecule has 5 heteroatoms. The molecule has 0 radical (unpaired) electrons. The number of hydrogen-bond acceptors (Lipinski definition) is 4. The van der Waals surface area contributed by atoms with E-state index in [1.54, 1.807) is 12.1 Å². The number of halogens is 1. The lowest BCUT2D eigenvalue weighted by molar-refractivity contribution is 0.326. The molecule has 0 aliphatic carbocycles. The molecule has 1 aromatic carbocycles. The molecule has 116 valence electrons. The van der Waals surface area contributed by atoms with Gasteiger partial charge in [0.1, 0.15) is 18.0 Å². The van der Waals surface area contributed by atoms with Gasteiger partial charge >= 0.3 is 0 Å². The summed E-state index contributed by atoms with van der Waals surface area (Å²) in [4.78, 5) is 10.7. The van der Waals surface area contributed by atoms with Crippen LogP contribution >= 0.6 is 0 Å². The van der Waals surface area contributed by atoms with Crippen molar-refractivity contribution in [3.63, 3.8) is 0 Å². The number of aromatic nitrogens is 2. The van der Waals surface area contributed by atoms with Crippen LogP contribution in [0.15, 0.2) is 36.7 Å². The van der Waals surface area contributed by atoms with Crippen molar-refractivity contribution in [2.75, 3.05) is 18.1 Å². The molecule has 1 fully saturated rings. The fraction of sp³-hybridized carbons (Fsp3) is 0.412. The summed E-state index contributed by atoms with van der Waals surface area (Å²) in [5, 5.41) is 0. The number of benzene rings is 1. The molecule has 4 nitrogen and oxygen atoms in total. The summed E-state index contributed by atoms with van der Waals surface area (Å²) >= 11 is 0. The van der Waals surface area contributed by atoms with E-state index in [0.29, 0.717) is 18.4 Å². The first-order valence-corrected chi connectivity index (χ1v) is 7.66. The van der Waals surface area contributed by atoms with E-state index >= 15 is 0 Å². The minimum Gasteiger partial charge on any atom is -0.478 e. The number of nitrogens with zero attached hydrogens (tertiary/aromatic N) is 3. The molecule has 2 atom stereocenters. The smallest absolute Gasteiger partial charge is 0.218 e. The maximum atomic E-state index is 13.6. The predicted octanol–water partition coefficient (Wildman–Crippen LogP) is 3.60. The summed E-state index contributed by atoms with van der Waals surface area (Å²) in [6, 6.07) is 8.82. The number of ether oxygens (including phenoxy) is 1. The second kappa shape index (κ2) is 6.30. The fourth-order valence-corrected chi connectivity index (χ4v) is 3.12. The summed E-state index contributed by atoms with van der Waals surface area (Å²) in [7, 11) is 0. The maximum Gasteiger partial charge on any atom is 0.218 e. The third-order valence-electron chi connectivity index (χ3n) is 4.10. The van der Waals surface area contributed by atoms with E-state index in [1.807, 2.05) is 19.1 Å². The Morgan fingerprint density at radius 1 is 1.32 bits per heavy atom. The highest BCUT2D eigenvalue weighted by Gasteiger charge is 2.33. The van der Waals surface area contributed by atoms with E-state index in [0.717, 1.165) is 24.3 Å². The molecule has 1 aliphatic heterocycles. The third-order valence-corrected chi connectivity index (χ3v) is 4.10. The monoisotopic (exact) mass is 301 g/mol. The van der Waals surface area contributed by atoms with Crippen LogP contribution in [0.5, 0.6) is 5.88 Å². The zero-order valence-corrected chi connectivity index (χ0v) is 12.9. The quantitative estimate of drug-likeness (QED) is 0.865. The van der Waals surface area contributed by atoms with Gasteiger partial charge in [-0.1, -0.05) is 19.1 Å². The minimum atomic E-state index is -0.200. The van der Waals surface area contributed by atoms with Crippen LogP contribution in [0.2, 0.25) is 0 Å². The van der Waals surface area contributed by atoms with E-state index < -0.39 is 0 Å². The van der Waals surface area contributed by atoms with Crippen LogP contribution in [0.4, 0.5) is 10.2 Å². The zero-order valence-electron chi connectivity index (χ0n) is 12.9. The van der Waals surface area contributed by atoms with Gasteiger partial charge in [-0.05, 0) is 37.0 Å². The molecular weight excluding hydrogens is 281 g/mol. The van der Waals surface area contributed by atoms with Crippen LogP contribution in [-0.4, -0.2) is 23.1 Å². The Kier molecular flexibility index (Phi) is 4.22. The van der Waals surface area contributed by atoms with Gasteiger partial charge in [0, 0.05) is 12.6 Å². The minimum absolute atomic E-state index is 0.125. The summed E-state index contributed by atoms with van der Waals surface area (Å²) in [5.41, 5.74) is 0.988. The van der Waals surface area contributed by atoms with Crippen LogP contribution in [0, 0.1) is 11.7 Å². The van der Waals surface area contributed by atoms with Gasteiger partial charge in [-0.25, -0.2) is 14.4 Å². The van der Waals surface area contributed by atoms with Crippen LogP contribution in [0.3, 0.4) is 0 Å². The van der Waals surface area contributed by atoms with Gasteiger partial charge in [-0.2, -0.15) is 0 Å². The zero-order chi connectivity index (χ0) is 15.5. The molecule has 2 unspecified atom stereocenters. The summed E-state index contributed by atoms with van der Waals surface area (Å²) in [6.07, 6.45) is 2.57. The van der Waals surface area contributed by atoms with Gasteiger partial charge in [0.2, 0.25) is 5.88 Å². The molecular formula is C17H20FN3O. The van der Waals surface area contributed by atoms with Crippen LogP contribution in [0.1, 0.15) is 31.9 Å². The molecule has 0 bridgehead atoms. The average Bonchev–Trinajstić information content (AvgIpc) is 2.90. The number of anilines is 1. The van der Waals surface area contributed by atoms with Gasteiger partial charge in [-0.3, -0.25) is 0 Å². The van der Waals surface area contributed by atoms with Crippen molar-refractivity contribution in [1.29, 1.82) is 0 Å². The topological polar surface area (TPSA) is 38.2 Å². The first kappa shape index (κ1) is 14.8. The molecule has 1 aromatic heterocycles. The van der Waals surface area contributed by atoms with Crippen molar-refractivity contribution < 1.29 is 9.13 Å². The Morgan fingerprint density at radius 3 is 2.95 bits per heavy atom. The highest BCUT2D eigenvalue weighted by Crippen LogP contribution is 2.39. The van der Waals surface area contributed by atoms with Crippen LogP contribution < -0.4 is 9.64 Å². The molecule has 0 amide bonds. The highest BCUT2D eigenvalue weighted by molar-refractivity contribution is 5.46. The Labute approximate surface area is 130 Å². The molecule has 1 aliphatic rings. The Hall–Kier alpha value is -2.17. The molecule has 3 rings (SSSR count).